The molecule has 3 nitrogen and oxygen atoms in total. The number of alkyl halides is 3. The predicted molar refractivity (Wildman–Crippen MR) is 70.8 cm³/mol. The minimum absolute atomic E-state index is 0.256. The molecule has 6 heteroatoms. The maximum absolute atomic E-state index is 12.4. The molecule has 20 heavy (non-hydrogen) atoms. The number of hydrogen-bond acceptors (Lipinski definition) is 3. The second-order valence-electron chi connectivity index (χ2n) is 4.66. The lowest BCUT2D eigenvalue weighted by Crippen LogP contribution is -2.05. The van der Waals surface area contributed by atoms with E-state index in [4.69, 9.17) is 0 Å². The van der Waals surface area contributed by atoms with Crippen molar-refractivity contribution in [2.45, 2.75) is 25.9 Å². The maximum Gasteiger partial charge on any atom is 0.416 e. The molecule has 0 bridgehead atoms. The van der Waals surface area contributed by atoms with Crippen LogP contribution < -0.4 is 5.32 Å². The topological polar surface area (TPSA) is 37.8 Å². The Labute approximate surface area is 114 Å². The molecule has 1 heterocycles. The van der Waals surface area contributed by atoms with Crippen molar-refractivity contribution in [3.05, 3.63) is 47.8 Å². The van der Waals surface area contributed by atoms with Crippen molar-refractivity contribution in [2.24, 2.45) is 0 Å². The van der Waals surface area contributed by atoms with Crippen molar-refractivity contribution >= 4 is 11.6 Å². The van der Waals surface area contributed by atoms with E-state index in [0.717, 1.165) is 17.8 Å². The van der Waals surface area contributed by atoms with Crippen LogP contribution in [0.2, 0.25) is 0 Å². The van der Waals surface area contributed by atoms with Gasteiger partial charge in [-0.1, -0.05) is 13.8 Å². The van der Waals surface area contributed by atoms with Crippen LogP contribution in [0.1, 0.15) is 31.0 Å². The first-order valence-corrected chi connectivity index (χ1v) is 6.13. The summed E-state index contributed by atoms with van der Waals surface area (Å²) in [7, 11) is 0. The van der Waals surface area contributed by atoms with Gasteiger partial charge in [0.15, 0.2) is 0 Å². The van der Waals surface area contributed by atoms with Crippen molar-refractivity contribution in [2.75, 3.05) is 5.32 Å². The summed E-state index contributed by atoms with van der Waals surface area (Å²) in [5, 5.41) is 2.89. The second kappa shape index (κ2) is 5.48. The largest absolute Gasteiger partial charge is 0.416 e. The van der Waals surface area contributed by atoms with Crippen molar-refractivity contribution in [3.8, 4) is 0 Å². The number of hydrogen-bond donors (Lipinski definition) is 1. The lowest BCUT2D eigenvalue weighted by atomic mass is 10.1. The first-order valence-electron chi connectivity index (χ1n) is 6.13. The quantitative estimate of drug-likeness (QED) is 0.908. The molecule has 0 fully saturated rings. The first-order chi connectivity index (χ1) is 9.36. The van der Waals surface area contributed by atoms with Crippen LogP contribution in [0.15, 0.2) is 36.5 Å². The van der Waals surface area contributed by atoms with Gasteiger partial charge in [-0.05, 0) is 36.2 Å². The molecule has 0 aliphatic heterocycles. The van der Waals surface area contributed by atoms with Crippen LogP contribution in [0.3, 0.4) is 0 Å². The van der Waals surface area contributed by atoms with Crippen LogP contribution in [0.5, 0.6) is 0 Å². The molecule has 2 aromatic rings. The summed E-state index contributed by atoms with van der Waals surface area (Å²) in [5.41, 5.74) is 0.702. The van der Waals surface area contributed by atoms with Crippen LogP contribution >= 0.6 is 0 Å². The van der Waals surface area contributed by atoms with Crippen LogP contribution in [0.4, 0.5) is 24.8 Å². The monoisotopic (exact) mass is 281 g/mol. The van der Waals surface area contributed by atoms with E-state index in [-0.39, 0.29) is 5.92 Å². The molecule has 0 atom stereocenters. The van der Waals surface area contributed by atoms with Gasteiger partial charge in [-0.25, -0.2) is 9.97 Å². The number of aromatic nitrogens is 2. The van der Waals surface area contributed by atoms with Crippen LogP contribution in [0.25, 0.3) is 0 Å². The SMILES string of the molecule is CC(C)c1ccnc(Nc2ccc(C(F)(F)F)cc2)n1. The molecule has 0 spiro atoms. The summed E-state index contributed by atoms with van der Waals surface area (Å²) in [5.74, 6) is 0.627. The average Bonchev–Trinajstić information content (AvgIpc) is 2.38. The zero-order valence-electron chi connectivity index (χ0n) is 11.1. The molecule has 0 aliphatic rings. The van der Waals surface area contributed by atoms with E-state index in [1.54, 1.807) is 6.20 Å². The number of benzene rings is 1. The average molecular weight is 281 g/mol. The second-order valence-corrected chi connectivity index (χ2v) is 4.66. The van der Waals surface area contributed by atoms with Gasteiger partial charge in [-0.3, -0.25) is 0 Å². The molecule has 1 N–H and O–H groups in total. The molecule has 0 radical (unpaired) electrons. The Morgan fingerprint density at radius 3 is 2.25 bits per heavy atom. The third-order valence-electron chi connectivity index (χ3n) is 2.74. The van der Waals surface area contributed by atoms with Gasteiger partial charge >= 0.3 is 6.18 Å². The molecule has 0 saturated heterocycles. The van der Waals surface area contributed by atoms with Gasteiger partial charge in [-0.15, -0.1) is 0 Å². The fourth-order valence-electron chi connectivity index (χ4n) is 1.63. The van der Waals surface area contributed by atoms with Gasteiger partial charge in [0.2, 0.25) is 5.95 Å². The van der Waals surface area contributed by atoms with E-state index in [1.807, 2.05) is 19.9 Å². The predicted octanol–water partition coefficient (Wildman–Crippen LogP) is 4.36. The minimum Gasteiger partial charge on any atom is -0.324 e. The van der Waals surface area contributed by atoms with Gasteiger partial charge in [0.25, 0.3) is 0 Å². The van der Waals surface area contributed by atoms with Crippen LogP contribution in [-0.2, 0) is 6.18 Å². The van der Waals surface area contributed by atoms with Gasteiger partial charge in [0.05, 0.1) is 5.56 Å². The highest BCUT2D eigenvalue weighted by Crippen LogP contribution is 2.30. The molecular formula is C14H14F3N3. The molecular weight excluding hydrogens is 267 g/mol. The molecule has 0 aliphatic carbocycles. The standard InChI is InChI=1S/C14H14F3N3/c1-9(2)12-7-8-18-13(20-12)19-11-5-3-10(4-6-11)14(15,16)17/h3-9H,1-2H3,(H,18,19,20). The summed E-state index contributed by atoms with van der Waals surface area (Å²) >= 11 is 0. The number of rotatable bonds is 3. The number of nitrogens with zero attached hydrogens (tertiary/aromatic N) is 2. The number of halogens is 3. The summed E-state index contributed by atoms with van der Waals surface area (Å²) in [6.45, 7) is 4.01. The molecule has 0 unspecified atom stereocenters. The molecule has 0 saturated carbocycles. The van der Waals surface area contributed by atoms with Crippen molar-refractivity contribution < 1.29 is 13.2 Å². The Balaban J connectivity index is 2.16. The molecule has 1 aromatic carbocycles. The van der Waals surface area contributed by atoms with Gasteiger partial charge in [-0.2, -0.15) is 13.2 Å². The molecule has 2 rings (SSSR count). The van der Waals surface area contributed by atoms with E-state index in [9.17, 15) is 13.2 Å². The van der Waals surface area contributed by atoms with Gasteiger partial charge < -0.3 is 5.32 Å². The highest BCUT2D eigenvalue weighted by Gasteiger charge is 2.29. The highest BCUT2D eigenvalue weighted by molar-refractivity contribution is 5.53. The zero-order chi connectivity index (χ0) is 14.8. The lowest BCUT2D eigenvalue weighted by molar-refractivity contribution is -0.137. The molecule has 106 valence electrons. The van der Waals surface area contributed by atoms with Crippen molar-refractivity contribution in [1.82, 2.24) is 9.97 Å². The van der Waals surface area contributed by atoms with E-state index >= 15 is 0 Å². The highest BCUT2D eigenvalue weighted by atomic mass is 19.4. The van der Waals surface area contributed by atoms with Gasteiger partial charge in [0, 0.05) is 17.6 Å². The summed E-state index contributed by atoms with van der Waals surface area (Å²) in [6.07, 6.45) is -2.71. The Hall–Kier alpha value is -2.11. The van der Waals surface area contributed by atoms with Crippen molar-refractivity contribution in [3.63, 3.8) is 0 Å². The summed E-state index contributed by atoms with van der Waals surface area (Å²) in [6, 6.07) is 6.56. The molecule has 0 amide bonds. The summed E-state index contributed by atoms with van der Waals surface area (Å²) in [4.78, 5) is 8.34. The van der Waals surface area contributed by atoms with E-state index < -0.39 is 11.7 Å². The number of anilines is 2. The maximum atomic E-state index is 12.4. The van der Waals surface area contributed by atoms with E-state index in [0.29, 0.717) is 11.6 Å². The fourth-order valence-corrected chi connectivity index (χ4v) is 1.63. The Morgan fingerprint density at radius 2 is 1.70 bits per heavy atom. The fraction of sp³-hybridized carbons (Fsp3) is 0.286. The Kier molecular flexibility index (Phi) is 3.92. The number of nitrogens with one attached hydrogen (secondary N) is 1. The van der Waals surface area contributed by atoms with Gasteiger partial charge in [0.1, 0.15) is 0 Å². The normalized spacial score (nSPS) is 11.7. The smallest absolute Gasteiger partial charge is 0.324 e. The Bertz CT molecular complexity index is 577. The third-order valence-corrected chi connectivity index (χ3v) is 2.74. The summed E-state index contributed by atoms with van der Waals surface area (Å²) < 4.78 is 37.3. The van der Waals surface area contributed by atoms with Crippen molar-refractivity contribution in [1.29, 1.82) is 0 Å². The third kappa shape index (κ3) is 3.46. The van der Waals surface area contributed by atoms with Crippen LogP contribution in [-0.4, -0.2) is 9.97 Å². The first kappa shape index (κ1) is 14.3. The zero-order valence-corrected chi connectivity index (χ0v) is 11.1. The molecule has 1 aromatic heterocycles. The minimum atomic E-state index is -4.33. The lowest BCUT2D eigenvalue weighted by Gasteiger charge is -2.10. The van der Waals surface area contributed by atoms with E-state index in [1.165, 1.54) is 12.1 Å². The van der Waals surface area contributed by atoms with E-state index in [2.05, 4.69) is 15.3 Å². The Morgan fingerprint density at radius 1 is 1.05 bits per heavy atom. The van der Waals surface area contributed by atoms with Crippen LogP contribution in [0, 0.1) is 0 Å².